The lowest BCUT2D eigenvalue weighted by atomic mass is 9.72. The Morgan fingerprint density at radius 1 is 1.00 bits per heavy atom. The van der Waals surface area contributed by atoms with Gasteiger partial charge in [-0.1, -0.05) is 69.3 Å². The van der Waals surface area contributed by atoms with Crippen LogP contribution in [0.3, 0.4) is 0 Å². The Bertz CT molecular complexity index is 1170. The number of rotatable bonds is 13. The van der Waals surface area contributed by atoms with E-state index in [2.05, 4.69) is 5.32 Å². The minimum atomic E-state index is -0.779. The van der Waals surface area contributed by atoms with Crippen molar-refractivity contribution in [3.05, 3.63) is 65.7 Å². The molecule has 1 saturated heterocycles. The Kier molecular flexibility index (Phi) is 11.2. The van der Waals surface area contributed by atoms with Gasteiger partial charge in [0.25, 0.3) is 0 Å². The molecular formula is C32H46N4O5. The summed E-state index contributed by atoms with van der Waals surface area (Å²) in [5, 5.41) is 3.32. The summed E-state index contributed by atoms with van der Waals surface area (Å²) in [5.74, 6) is 0.420. The quantitative estimate of drug-likeness (QED) is 0.308. The number of benzene rings is 2. The number of imide groups is 1. The minimum Gasteiger partial charge on any atom is -0.468 e. The van der Waals surface area contributed by atoms with Gasteiger partial charge in [-0.3, -0.25) is 4.79 Å². The molecule has 41 heavy (non-hydrogen) atoms. The molecule has 0 aliphatic carbocycles. The third-order valence-corrected chi connectivity index (χ3v) is 7.91. The van der Waals surface area contributed by atoms with Gasteiger partial charge >= 0.3 is 12.1 Å². The lowest BCUT2D eigenvalue weighted by Gasteiger charge is -2.54. The van der Waals surface area contributed by atoms with Gasteiger partial charge in [-0.2, -0.15) is 0 Å². The van der Waals surface area contributed by atoms with E-state index in [9.17, 15) is 14.4 Å². The standard InChI is InChI=1S/C32H46N4O5/c1-8-20-35(24(5)25-16-12-11-13-17-25)30(38)36-28(37)32(9-2,10-3)29(36)41-27-19-15-14-18-26(27)22-33-21-23(4)40-31(39)34(6)7/h11-19,23-24,29,33H,8-10,20-22H2,1-7H3/t23?,24-,29+/m1/s1. The zero-order chi connectivity index (χ0) is 30.2. The summed E-state index contributed by atoms with van der Waals surface area (Å²) >= 11 is 0. The number of urea groups is 1. The van der Waals surface area contributed by atoms with E-state index in [1.165, 1.54) is 9.80 Å². The van der Waals surface area contributed by atoms with Crippen molar-refractivity contribution in [1.82, 2.24) is 20.0 Å². The molecule has 2 aromatic rings. The Hall–Kier alpha value is -3.59. The Labute approximate surface area is 244 Å². The van der Waals surface area contributed by atoms with Crippen LogP contribution in [0.15, 0.2) is 54.6 Å². The molecule has 0 saturated carbocycles. The zero-order valence-corrected chi connectivity index (χ0v) is 25.6. The molecule has 9 nitrogen and oxygen atoms in total. The lowest BCUT2D eigenvalue weighted by molar-refractivity contribution is -0.192. The number of hydrogen-bond acceptors (Lipinski definition) is 6. The molecule has 0 aromatic heterocycles. The number of para-hydroxylation sites is 1. The molecule has 0 radical (unpaired) electrons. The van der Waals surface area contributed by atoms with E-state index in [-0.39, 0.29) is 24.1 Å². The summed E-state index contributed by atoms with van der Waals surface area (Å²) in [6, 6.07) is 17.0. The first-order valence-electron chi connectivity index (χ1n) is 14.6. The first-order chi connectivity index (χ1) is 19.6. The fourth-order valence-corrected chi connectivity index (χ4v) is 5.25. The second-order valence-electron chi connectivity index (χ2n) is 10.9. The molecule has 3 rings (SSSR count). The predicted octanol–water partition coefficient (Wildman–Crippen LogP) is 5.81. The summed E-state index contributed by atoms with van der Waals surface area (Å²) < 4.78 is 12.0. The van der Waals surface area contributed by atoms with Gasteiger partial charge in [-0.05, 0) is 44.7 Å². The summed E-state index contributed by atoms with van der Waals surface area (Å²) in [6.45, 7) is 11.2. The maximum absolute atomic E-state index is 14.0. The van der Waals surface area contributed by atoms with Crippen molar-refractivity contribution in [2.24, 2.45) is 5.41 Å². The predicted molar refractivity (Wildman–Crippen MR) is 159 cm³/mol. The van der Waals surface area contributed by atoms with Gasteiger partial charge in [-0.25, -0.2) is 14.5 Å². The highest BCUT2D eigenvalue weighted by Crippen LogP contribution is 2.47. The van der Waals surface area contributed by atoms with Crippen molar-refractivity contribution in [1.29, 1.82) is 0 Å². The van der Waals surface area contributed by atoms with Crippen LogP contribution in [-0.2, 0) is 16.1 Å². The van der Waals surface area contributed by atoms with Crippen molar-refractivity contribution < 1.29 is 23.9 Å². The van der Waals surface area contributed by atoms with Gasteiger partial charge in [0.05, 0.1) is 6.04 Å². The first-order valence-corrected chi connectivity index (χ1v) is 14.6. The average molecular weight is 567 g/mol. The number of carbonyl (C=O) groups is 3. The van der Waals surface area contributed by atoms with E-state index < -0.39 is 17.7 Å². The van der Waals surface area contributed by atoms with Crippen LogP contribution < -0.4 is 10.1 Å². The molecule has 1 aliphatic rings. The summed E-state index contributed by atoms with van der Waals surface area (Å²) in [6.07, 6.45) is 0.457. The topological polar surface area (TPSA) is 91.4 Å². The smallest absolute Gasteiger partial charge is 0.409 e. The van der Waals surface area contributed by atoms with Crippen molar-refractivity contribution in [3.63, 3.8) is 0 Å². The number of β-lactam (4-membered cyclic amide) rings is 1. The highest BCUT2D eigenvalue weighted by molar-refractivity contribution is 6.03. The molecule has 1 unspecified atom stereocenters. The molecule has 1 aliphatic heterocycles. The van der Waals surface area contributed by atoms with Gasteiger partial charge in [0.15, 0.2) is 6.23 Å². The van der Waals surface area contributed by atoms with Gasteiger partial charge in [-0.15, -0.1) is 0 Å². The fraction of sp³-hybridized carbons (Fsp3) is 0.531. The molecule has 224 valence electrons. The maximum Gasteiger partial charge on any atom is 0.409 e. The number of ether oxygens (including phenoxy) is 2. The van der Waals surface area contributed by atoms with Crippen molar-refractivity contribution in [2.75, 3.05) is 27.2 Å². The first kappa shape index (κ1) is 31.9. The number of amides is 4. The fourth-order valence-electron chi connectivity index (χ4n) is 5.25. The summed E-state index contributed by atoms with van der Waals surface area (Å²) in [7, 11) is 3.29. The zero-order valence-electron chi connectivity index (χ0n) is 25.6. The van der Waals surface area contributed by atoms with E-state index in [1.54, 1.807) is 19.0 Å². The number of nitrogens with zero attached hydrogens (tertiary/aromatic N) is 3. The highest BCUT2D eigenvalue weighted by Gasteiger charge is 2.63. The second-order valence-corrected chi connectivity index (χ2v) is 10.9. The SMILES string of the molecule is CCCN(C(=O)N1C(=O)C(CC)(CC)[C@@H]1Oc1ccccc1CNCC(C)OC(=O)N(C)C)[C@H](C)c1ccccc1. The molecule has 2 aromatic carbocycles. The van der Waals surface area contributed by atoms with E-state index in [1.807, 2.05) is 89.2 Å². The van der Waals surface area contributed by atoms with Crippen LogP contribution in [-0.4, -0.2) is 72.2 Å². The van der Waals surface area contributed by atoms with E-state index in [0.717, 1.165) is 17.5 Å². The Morgan fingerprint density at radius 3 is 2.24 bits per heavy atom. The molecular weight excluding hydrogens is 520 g/mol. The van der Waals surface area contributed by atoms with E-state index >= 15 is 0 Å². The summed E-state index contributed by atoms with van der Waals surface area (Å²) in [5.41, 5.74) is 1.12. The Morgan fingerprint density at radius 2 is 1.63 bits per heavy atom. The van der Waals surface area contributed by atoms with E-state index in [0.29, 0.717) is 38.2 Å². The van der Waals surface area contributed by atoms with Gasteiger partial charge in [0.2, 0.25) is 5.91 Å². The molecule has 1 N–H and O–H groups in total. The molecule has 4 amide bonds. The van der Waals surface area contributed by atoms with Gasteiger partial charge in [0, 0.05) is 39.3 Å². The molecule has 0 spiro atoms. The summed E-state index contributed by atoms with van der Waals surface area (Å²) in [4.78, 5) is 44.0. The monoisotopic (exact) mass is 566 g/mol. The number of likely N-dealkylation sites (tertiary alicyclic amines) is 1. The normalized spacial score (nSPS) is 17.3. The molecule has 0 bridgehead atoms. The lowest BCUT2D eigenvalue weighted by Crippen LogP contribution is -2.74. The van der Waals surface area contributed by atoms with Crippen LogP contribution in [0.5, 0.6) is 5.75 Å². The molecule has 1 heterocycles. The van der Waals surface area contributed by atoms with E-state index in [4.69, 9.17) is 9.47 Å². The van der Waals surface area contributed by atoms with Crippen LogP contribution in [0.4, 0.5) is 9.59 Å². The number of nitrogens with one attached hydrogen (secondary N) is 1. The number of carbonyl (C=O) groups excluding carboxylic acids is 3. The van der Waals surface area contributed by atoms with Crippen molar-refractivity contribution in [3.8, 4) is 5.75 Å². The largest absolute Gasteiger partial charge is 0.468 e. The Balaban J connectivity index is 1.81. The highest BCUT2D eigenvalue weighted by atomic mass is 16.6. The third kappa shape index (κ3) is 7.01. The molecule has 3 atom stereocenters. The molecule has 9 heteroatoms. The van der Waals surface area contributed by atoms with Gasteiger partial charge in [0.1, 0.15) is 17.3 Å². The van der Waals surface area contributed by atoms with Crippen LogP contribution in [0, 0.1) is 5.41 Å². The van der Waals surface area contributed by atoms with Crippen molar-refractivity contribution in [2.45, 2.75) is 78.8 Å². The van der Waals surface area contributed by atoms with Crippen LogP contribution >= 0.6 is 0 Å². The molecule has 1 fully saturated rings. The van der Waals surface area contributed by atoms with Crippen molar-refractivity contribution >= 4 is 18.0 Å². The third-order valence-electron chi connectivity index (χ3n) is 7.91. The minimum absolute atomic E-state index is 0.189. The second kappa shape index (κ2) is 14.3. The van der Waals surface area contributed by atoms with Gasteiger partial charge < -0.3 is 24.6 Å². The average Bonchev–Trinajstić information content (AvgIpc) is 2.97. The van der Waals surface area contributed by atoms with Crippen LogP contribution in [0.25, 0.3) is 0 Å². The van der Waals surface area contributed by atoms with Crippen LogP contribution in [0.2, 0.25) is 0 Å². The maximum atomic E-state index is 14.0. The number of hydrogen-bond donors (Lipinski definition) is 1. The van der Waals surface area contributed by atoms with Crippen LogP contribution in [0.1, 0.15) is 71.0 Å².